The fourth-order valence-corrected chi connectivity index (χ4v) is 5.38. The summed E-state index contributed by atoms with van der Waals surface area (Å²) in [6.07, 6.45) is 10.9. The number of carbonyl (C=O) groups is 1. The van der Waals surface area contributed by atoms with Gasteiger partial charge in [0, 0.05) is 18.2 Å². The number of fused-ring (bicyclic) bond motifs is 1. The Morgan fingerprint density at radius 3 is 3.09 bits per heavy atom. The van der Waals surface area contributed by atoms with Crippen LogP contribution in [0.15, 0.2) is 23.1 Å². The average molecular weight is 343 g/mol. The first-order valence-electron chi connectivity index (χ1n) is 8.45. The van der Waals surface area contributed by atoms with Crippen LogP contribution in [0.4, 0.5) is 0 Å². The third-order valence-electron chi connectivity index (χ3n) is 4.83. The van der Waals surface area contributed by atoms with Crippen molar-refractivity contribution < 1.29 is 9.90 Å². The van der Waals surface area contributed by atoms with E-state index in [4.69, 9.17) is 11.6 Å². The quantitative estimate of drug-likeness (QED) is 0.389. The van der Waals surface area contributed by atoms with Crippen molar-refractivity contribution in [2.24, 2.45) is 5.92 Å². The molecule has 2 aliphatic rings. The number of thioether (sulfide) groups is 1. The molecule has 1 N–H and O–H groups in total. The fourth-order valence-electron chi connectivity index (χ4n) is 3.61. The van der Waals surface area contributed by atoms with Crippen LogP contribution in [0.5, 0.6) is 0 Å². The van der Waals surface area contributed by atoms with Gasteiger partial charge in [0.1, 0.15) is 4.75 Å². The Hall–Kier alpha value is -0.250. The molecular weight excluding hydrogens is 316 g/mol. The number of aliphatic hydroxyl groups excluding tert-OH is 1. The Bertz CT molecular complexity index is 446. The van der Waals surface area contributed by atoms with Gasteiger partial charge in [0.15, 0.2) is 5.78 Å². The van der Waals surface area contributed by atoms with Gasteiger partial charge in [-0.1, -0.05) is 37.5 Å². The molecule has 124 valence electrons. The van der Waals surface area contributed by atoms with Gasteiger partial charge in [-0.2, -0.15) is 0 Å². The van der Waals surface area contributed by atoms with Crippen LogP contribution in [-0.2, 0) is 4.79 Å². The SMILES string of the molecule is CCCC/C=C\C[C@H](O)[C@@]12SC=C(CCCl)C1CCCC2=O. The molecule has 1 unspecified atom stereocenters. The molecule has 4 heteroatoms. The summed E-state index contributed by atoms with van der Waals surface area (Å²) in [6.45, 7) is 2.17. The maximum absolute atomic E-state index is 12.7. The van der Waals surface area contributed by atoms with Crippen molar-refractivity contribution in [2.45, 2.75) is 69.1 Å². The van der Waals surface area contributed by atoms with Crippen molar-refractivity contribution in [2.75, 3.05) is 5.88 Å². The van der Waals surface area contributed by atoms with E-state index >= 15 is 0 Å². The molecule has 22 heavy (non-hydrogen) atoms. The zero-order chi connectivity index (χ0) is 16.0. The van der Waals surface area contributed by atoms with Crippen LogP contribution in [-0.4, -0.2) is 27.6 Å². The van der Waals surface area contributed by atoms with E-state index in [1.807, 2.05) is 6.08 Å². The number of ketones is 1. The lowest BCUT2D eigenvalue weighted by Gasteiger charge is -2.41. The number of unbranched alkanes of at least 4 members (excludes halogenated alkanes) is 2. The molecule has 2 rings (SSSR count). The first-order chi connectivity index (χ1) is 10.7. The molecule has 0 saturated heterocycles. The number of carbonyl (C=O) groups excluding carboxylic acids is 1. The van der Waals surface area contributed by atoms with Crippen LogP contribution >= 0.6 is 23.4 Å². The van der Waals surface area contributed by atoms with Gasteiger partial charge in [-0.05, 0) is 37.5 Å². The van der Waals surface area contributed by atoms with Crippen molar-refractivity contribution >= 4 is 29.1 Å². The van der Waals surface area contributed by atoms with E-state index in [-0.39, 0.29) is 11.7 Å². The topological polar surface area (TPSA) is 37.3 Å². The third kappa shape index (κ3) is 3.63. The van der Waals surface area contributed by atoms with Crippen molar-refractivity contribution in [3.63, 3.8) is 0 Å². The van der Waals surface area contributed by atoms with Crippen LogP contribution < -0.4 is 0 Å². The number of Topliss-reactive ketones (excluding diaryl/α,β-unsaturated/α-hetero) is 1. The highest BCUT2D eigenvalue weighted by Crippen LogP contribution is 2.54. The molecule has 1 aliphatic heterocycles. The van der Waals surface area contributed by atoms with E-state index < -0.39 is 10.9 Å². The molecule has 1 saturated carbocycles. The first kappa shape index (κ1) is 18.1. The normalized spacial score (nSPS) is 29.7. The van der Waals surface area contributed by atoms with Gasteiger partial charge in [0.2, 0.25) is 0 Å². The maximum Gasteiger partial charge on any atom is 0.152 e. The van der Waals surface area contributed by atoms with Crippen LogP contribution in [0, 0.1) is 5.92 Å². The highest BCUT2D eigenvalue weighted by Gasteiger charge is 2.55. The maximum atomic E-state index is 12.7. The monoisotopic (exact) mass is 342 g/mol. The summed E-state index contributed by atoms with van der Waals surface area (Å²) in [5.41, 5.74) is 1.27. The lowest BCUT2D eigenvalue weighted by Crippen LogP contribution is -2.52. The van der Waals surface area contributed by atoms with Gasteiger partial charge in [-0.15, -0.1) is 23.4 Å². The van der Waals surface area contributed by atoms with Gasteiger partial charge >= 0.3 is 0 Å². The number of halogens is 1. The number of rotatable bonds is 8. The zero-order valence-corrected chi connectivity index (χ0v) is 15.0. The Kier molecular flexibility index (Phi) is 7.04. The van der Waals surface area contributed by atoms with Crippen LogP contribution in [0.2, 0.25) is 0 Å². The van der Waals surface area contributed by atoms with Crippen molar-refractivity contribution in [1.82, 2.24) is 0 Å². The molecule has 0 aromatic rings. The number of alkyl halides is 1. The second-order valence-corrected chi connectivity index (χ2v) is 7.80. The number of hydrogen-bond acceptors (Lipinski definition) is 3. The molecule has 1 fully saturated rings. The molecule has 0 spiro atoms. The summed E-state index contributed by atoms with van der Waals surface area (Å²) >= 11 is 7.45. The summed E-state index contributed by atoms with van der Waals surface area (Å²) < 4.78 is -0.644. The zero-order valence-electron chi connectivity index (χ0n) is 13.4. The molecule has 0 aromatic heterocycles. The average Bonchev–Trinajstić information content (AvgIpc) is 2.89. The Morgan fingerprint density at radius 1 is 1.55 bits per heavy atom. The minimum Gasteiger partial charge on any atom is -0.391 e. The molecule has 0 aromatic carbocycles. The van der Waals surface area contributed by atoms with Gasteiger partial charge in [0.25, 0.3) is 0 Å². The Balaban J connectivity index is 2.07. The van der Waals surface area contributed by atoms with E-state index in [0.29, 0.717) is 18.7 Å². The number of hydrogen-bond donors (Lipinski definition) is 1. The standard InChI is InChI=1S/C18H27ClO2S/c1-2-3-4-5-6-9-16(20)18-15(8-7-10-17(18)21)14(11-12-19)13-22-18/h5-6,13,15-16,20H,2-4,7-12H2,1H3/b6-5-/t15?,16-,18-/m0/s1. The molecule has 0 bridgehead atoms. The Labute approximate surface area is 143 Å². The van der Waals surface area contributed by atoms with Crippen molar-refractivity contribution in [3.05, 3.63) is 23.1 Å². The number of aliphatic hydroxyl groups is 1. The molecule has 0 radical (unpaired) electrons. The second-order valence-electron chi connectivity index (χ2n) is 6.28. The molecule has 1 heterocycles. The number of allylic oxidation sites excluding steroid dienone is 2. The predicted octanol–water partition coefficient (Wildman–Crippen LogP) is 4.85. The fraction of sp³-hybridized carbons (Fsp3) is 0.722. The van der Waals surface area contributed by atoms with Crippen LogP contribution in [0.3, 0.4) is 0 Å². The smallest absolute Gasteiger partial charge is 0.152 e. The van der Waals surface area contributed by atoms with Crippen molar-refractivity contribution in [1.29, 1.82) is 0 Å². The van der Waals surface area contributed by atoms with E-state index in [0.717, 1.165) is 25.7 Å². The largest absolute Gasteiger partial charge is 0.391 e. The third-order valence-corrected chi connectivity index (χ3v) is 6.62. The Morgan fingerprint density at radius 2 is 2.36 bits per heavy atom. The van der Waals surface area contributed by atoms with Crippen molar-refractivity contribution in [3.8, 4) is 0 Å². The summed E-state index contributed by atoms with van der Waals surface area (Å²) in [5.74, 6) is 0.987. The minimum atomic E-state index is -0.644. The highest BCUT2D eigenvalue weighted by atomic mass is 35.5. The molecular formula is C18H27ClO2S. The molecule has 0 amide bonds. The molecule has 2 nitrogen and oxygen atoms in total. The van der Waals surface area contributed by atoms with Crippen LogP contribution in [0.25, 0.3) is 0 Å². The second kappa shape index (κ2) is 8.56. The van der Waals surface area contributed by atoms with Gasteiger partial charge in [-0.3, -0.25) is 4.79 Å². The van der Waals surface area contributed by atoms with E-state index in [1.54, 1.807) is 11.8 Å². The van der Waals surface area contributed by atoms with E-state index in [2.05, 4.69) is 18.4 Å². The van der Waals surface area contributed by atoms with Gasteiger partial charge in [-0.25, -0.2) is 0 Å². The molecule has 3 atom stereocenters. The van der Waals surface area contributed by atoms with E-state index in [9.17, 15) is 9.90 Å². The summed E-state index contributed by atoms with van der Waals surface area (Å²) in [4.78, 5) is 12.7. The lowest BCUT2D eigenvalue weighted by molar-refractivity contribution is -0.127. The van der Waals surface area contributed by atoms with E-state index in [1.165, 1.54) is 18.4 Å². The van der Waals surface area contributed by atoms with Crippen LogP contribution in [0.1, 0.15) is 58.3 Å². The highest BCUT2D eigenvalue weighted by molar-refractivity contribution is 8.04. The van der Waals surface area contributed by atoms with Gasteiger partial charge < -0.3 is 5.11 Å². The molecule has 1 aliphatic carbocycles. The summed E-state index contributed by atoms with van der Waals surface area (Å²) in [7, 11) is 0. The summed E-state index contributed by atoms with van der Waals surface area (Å²) in [5, 5.41) is 12.9. The minimum absolute atomic E-state index is 0.177. The van der Waals surface area contributed by atoms with Gasteiger partial charge in [0.05, 0.1) is 6.10 Å². The first-order valence-corrected chi connectivity index (χ1v) is 9.87. The summed E-state index contributed by atoms with van der Waals surface area (Å²) in [6, 6.07) is 0. The predicted molar refractivity (Wildman–Crippen MR) is 95.4 cm³/mol. The lowest BCUT2D eigenvalue weighted by atomic mass is 9.70.